The maximum atomic E-state index is 12.2. The van der Waals surface area contributed by atoms with Crippen molar-refractivity contribution in [1.82, 2.24) is 9.78 Å². The Morgan fingerprint density at radius 2 is 2.24 bits per heavy atom. The third-order valence-corrected chi connectivity index (χ3v) is 2.89. The van der Waals surface area contributed by atoms with Crippen LogP contribution < -0.4 is 10.1 Å². The number of nitrogens with zero attached hydrogens (tertiary/aromatic N) is 3. The molecular formula is C13H14N4O4. The van der Waals surface area contributed by atoms with E-state index in [4.69, 9.17) is 4.74 Å². The van der Waals surface area contributed by atoms with Gasteiger partial charge in [-0.2, -0.15) is 5.10 Å². The summed E-state index contributed by atoms with van der Waals surface area (Å²) >= 11 is 0. The maximum absolute atomic E-state index is 12.2. The van der Waals surface area contributed by atoms with E-state index in [1.54, 1.807) is 6.07 Å². The van der Waals surface area contributed by atoms with Gasteiger partial charge in [-0.3, -0.25) is 19.6 Å². The van der Waals surface area contributed by atoms with E-state index >= 15 is 0 Å². The molecule has 0 aliphatic heterocycles. The largest absolute Gasteiger partial charge is 0.495 e. The van der Waals surface area contributed by atoms with E-state index in [0.717, 1.165) is 0 Å². The minimum absolute atomic E-state index is 0.130. The number of nitro groups is 1. The highest BCUT2D eigenvalue weighted by atomic mass is 16.6. The fourth-order valence-electron chi connectivity index (χ4n) is 1.87. The fourth-order valence-corrected chi connectivity index (χ4v) is 1.87. The normalized spacial score (nSPS) is 10.2. The number of benzene rings is 1. The monoisotopic (exact) mass is 290 g/mol. The standard InChI is InChI=1S/C13H14N4O4/c1-3-16-11(6-7-14-16)13(18)15-10-8-9(17(19)20)4-5-12(10)21-2/h4-8H,3H2,1-2H3,(H,15,18). The van der Waals surface area contributed by atoms with Gasteiger partial charge in [-0.05, 0) is 19.1 Å². The number of ether oxygens (including phenoxy) is 1. The maximum Gasteiger partial charge on any atom is 0.274 e. The molecule has 0 atom stereocenters. The first-order chi connectivity index (χ1) is 10.1. The fraction of sp³-hybridized carbons (Fsp3) is 0.231. The van der Waals surface area contributed by atoms with E-state index in [-0.39, 0.29) is 11.4 Å². The first kappa shape index (κ1) is 14.5. The molecule has 1 amide bonds. The number of nitro benzene ring substituents is 1. The molecule has 0 fully saturated rings. The zero-order valence-electron chi connectivity index (χ0n) is 11.6. The van der Waals surface area contributed by atoms with Crippen LogP contribution in [0.3, 0.4) is 0 Å². The number of hydrogen-bond acceptors (Lipinski definition) is 5. The summed E-state index contributed by atoms with van der Waals surface area (Å²) in [5, 5.41) is 17.4. The Balaban J connectivity index is 2.31. The molecule has 0 unspecified atom stereocenters. The number of non-ortho nitro benzene ring substituents is 1. The summed E-state index contributed by atoms with van der Waals surface area (Å²) in [4.78, 5) is 22.5. The third-order valence-electron chi connectivity index (χ3n) is 2.89. The number of aromatic nitrogens is 2. The van der Waals surface area contributed by atoms with Crippen LogP contribution in [-0.4, -0.2) is 27.7 Å². The molecule has 0 radical (unpaired) electrons. The molecule has 110 valence electrons. The first-order valence-electron chi connectivity index (χ1n) is 6.22. The van der Waals surface area contributed by atoms with Crippen LogP contribution >= 0.6 is 0 Å². The molecule has 0 saturated heterocycles. The second kappa shape index (κ2) is 6.04. The van der Waals surface area contributed by atoms with Crippen molar-refractivity contribution in [2.45, 2.75) is 13.5 Å². The van der Waals surface area contributed by atoms with Crippen LogP contribution in [0.2, 0.25) is 0 Å². The Bertz CT molecular complexity index is 681. The lowest BCUT2D eigenvalue weighted by Crippen LogP contribution is -2.17. The predicted molar refractivity (Wildman–Crippen MR) is 75.5 cm³/mol. The Morgan fingerprint density at radius 3 is 2.86 bits per heavy atom. The van der Waals surface area contributed by atoms with Crippen molar-refractivity contribution in [2.24, 2.45) is 0 Å². The van der Waals surface area contributed by atoms with Gasteiger partial charge in [0.15, 0.2) is 0 Å². The minimum Gasteiger partial charge on any atom is -0.495 e. The Hall–Kier alpha value is -2.90. The third kappa shape index (κ3) is 2.99. The van der Waals surface area contributed by atoms with Crippen molar-refractivity contribution in [3.8, 4) is 5.75 Å². The molecule has 1 heterocycles. The summed E-state index contributed by atoms with van der Waals surface area (Å²) in [6.07, 6.45) is 1.52. The Morgan fingerprint density at radius 1 is 1.48 bits per heavy atom. The highest BCUT2D eigenvalue weighted by Gasteiger charge is 2.16. The van der Waals surface area contributed by atoms with Gasteiger partial charge < -0.3 is 10.1 Å². The average Bonchev–Trinajstić information content (AvgIpc) is 2.95. The van der Waals surface area contributed by atoms with Crippen LogP contribution in [0, 0.1) is 10.1 Å². The lowest BCUT2D eigenvalue weighted by atomic mass is 10.2. The highest BCUT2D eigenvalue weighted by molar-refractivity contribution is 6.04. The summed E-state index contributed by atoms with van der Waals surface area (Å²) in [5.41, 5.74) is 0.474. The van der Waals surface area contributed by atoms with Crippen molar-refractivity contribution in [3.05, 3.63) is 46.3 Å². The lowest BCUT2D eigenvalue weighted by molar-refractivity contribution is -0.384. The molecule has 0 aliphatic rings. The number of methoxy groups -OCH3 is 1. The van der Waals surface area contributed by atoms with Gasteiger partial charge >= 0.3 is 0 Å². The number of carbonyl (C=O) groups excluding carboxylic acids is 1. The average molecular weight is 290 g/mol. The van der Waals surface area contributed by atoms with Gasteiger partial charge in [0.25, 0.3) is 11.6 Å². The molecule has 2 aromatic rings. The van der Waals surface area contributed by atoms with E-state index in [0.29, 0.717) is 18.0 Å². The van der Waals surface area contributed by atoms with E-state index in [1.165, 1.54) is 36.2 Å². The topological polar surface area (TPSA) is 99.3 Å². The van der Waals surface area contributed by atoms with Crippen molar-refractivity contribution in [1.29, 1.82) is 0 Å². The van der Waals surface area contributed by atoms with E-state index < -0.39 is 10.8 Å². The molecule has 0 spiro atoms. The number of aryl methyl sites for hydroxylation is 1. The van der Waals surface area contributed by atoms with Crippen LogP contribution in [0.15, 0.2) is 30.5 Å². The first-order valence-corrected chi connectivity index (χ1v) is 6.22. The number of carbonyl (C=O) groups is 1. The van der Waals surface area contributed by atoms with E-state index in [9.17, 15) is 14.9 Å². The smallest absolute Gasteiger partial charge is 0.274 e. The molecule has 21 heavy (non-hydrogen) atoms. The van der Waals surface area contributed by atoms with Gasteiger partial charge in [0.05, 0.1) is 17.7 Å². The number of amides is 1. The molecule has 2 rings (SSSR count). The van der Waals surface area contributed by atoms with Gasteiger partial charge in [0.1, 0.15) is 11.4 Å². The molecule has 1 aromatic carbocycles. The van der Waals surface area contributed by atoms with Gasteiger partial charge in [-0.1, -0.05) is 0 Å². The molecule has 0 aliphatic carbocycles. The molecule has 0 saturated carbocycles. The summed E-state index contributed by atoms with van der Waals surface area (Å²) in [6, 6.07) is 5.57. The van der Waals surface area contributed by atoms with Crippen LogP contribution in [0.1, 0.15) is 17.4 Å². The number of hydrogen-bond donors (Lipinski definition) is 1. The SMILES string of the molecule is CCn1nccc1C(=O)Nc1cc([N+](=O)[O-])ccc1OC. The zero-order chi connectivity index (χ0) is 15.4. The summed E-state index contributed by atoms with van der Waals surface area (Å²) in [7, 11) is 1.42. The molecule has 8 nitrogen and oxygen atoms in total. The summed E-state index contributed by atoms with van der Waals surface area (Å²) in [6.45, 7) is 2.40. The van der Waals surface area contributed by atoms with Crippen molar-refractivity contribution in [2.75, 3.05) is 12.4 Å². The molecule has 1 aromatic heterocycles. The summed E-state index contributed by atoms with van der Waals surface area (Å²) < 4.78 is 6.62. The van der Waals surface area contributed by atoms with E-state index in [1.807, 2.05) is 6.92 Å². The second-order valence-corrected chi connectivity index (χ2v) is 4.13. The van der Waals surface area contributed by atoms with Gasteiger partial charge in [0.2, 0.25) is 0 Å². The molecule has 1 N–H and O–H groups in total. The second-order valence-electron chi connectivity index (χ2n) is 4.13. The van der Waals surface area contributed by atoms with Crippen LogP contribution in [0.5, 0.6) is 5.75 Å². The highest BCUT2D eigenvalue weighted by Crippen LogP contribution is 2.29. The van der Waals surface area contributed by atoms with Crippen molar-refractivity contribution in [3.63, 3.8) is 0 Å². The number of anilines is 1. The quantitative estimate of drug-likeness (QED) is 0.671. The molecule has 8 heteroatoms. The van der Waals surface area contributed by atoms with Crippen molar-refractivity contribution >= 4 is 17.3 Å². The summed E-state index contributed by atoms with van der Waals surface area (Å²) in [5.74, 6) is -0.0651. The van der Waals surface area contributed by atoms with Gasteiger partial charge in [-0.25, -0.2) is 0 Å². The van der Waals surface area contributed by atoms with Crippen molar-refractivity contribution < 1.29 is 14.5 Å². The van der Waals surface area contributed by atoms with Crippen LogP contribution in [0.25, 0.3) is 0 Å². The number of nitrogens with one attached hydrogen (secondary N) is 1. The molecular weight excluding hydrogens is 276 g/mol. The predicted octanol–water partition coefficient (Wildman–Crippen LogP) is 2.07. The van der Waals surface area contributed by atoms with E-state index in [2.05, 4.69) is 10.4 Å². The minimum atomic E-state index is -0.536. The van der Waals surface area contributed by atoms with Crippen LogP contribution in [0.4, 0.5) is 11.4 Å². The van der Waals surface area contributed by atoms with Crippen LogP contribution in [-0.2, 0) is 6.54 Å². The van der Waals surface area contributed by atoms with Gasteiger partial charge in [-0.15, -0.1) is 0 Å². The Labute approximate surface area is 120 Å². The number of rotatable bonds is 5. The zero-order valence-corrected chi connectivity index (χ0v) is 11.6. The van der Waals surface area contributed by atoms with Gasteiger partial charge in [0, 0.05) is 24.9 Å². The molecule has 0 bridgehead atoms. The Kier molecular flexibility index (Phi) is 4.17. The lowest BCUT2D eigenvalue weighted by Gasteiger charge is -2.10.